The first kappa shape index (κ1) is 16.6. The summed E-state index contributed by atoms with van der Waals surface area (Å²) in [5.41, 5.74) is -0.0102. The van der Waals surface area contributed by atoms with Gasteiger partial charge in [0.1, 0.15) is 5.82 Å². The minimum absolute atomic E-state index is 0.0565. The van der Waals surface area contributed by atoms with Crippen LogP contribution in [0.1, 0.15) is 37.6 Å². The molecular weight excluding hydrogens is 283 g/mol. The topological polar surface area (TPSA) is 89.3 Å². The number of hydrogen-bond acceptors (Lipinski definition) is 3. The molecule has 0 unspecified atom stereocenters. The number of carbonyl (C=O) groups is 1. The second kappa shape index (κ2) is 5.88. The molecule has 0 aliphatic heterocycles. The van der Waals surface area contributed by atoms with Gasteiger partial charge in [0.05, 0.1) is 4.90 Å². The van der Waals surface area contributed by atoms with Crippen molar-refractivity contribution in [1.82, 2.24) is 5.32 Å². The minimum atomic E-state index is -4.05. The van der Waals surface area contributed by atoms with Crippen molar-refractivity contribution in [2.75, 3.05) is 6.54 Å². The average molecular weight is 302 g/mol. The minimum Gasteiger partial charge on any atom is -0.352 e. The van der Waals surface area contributed by atoms with Crippen LogP contribution in [0.4, 0.5) is 4.39 Å². The second-order valence-corrected chi connectivity index (χ2v) is 7.35. The van der Waals surface area contributed by atoms with Crippen LogP contribution in [0, 0.1) is 11.2 Å². The molecule has 112 valence electrons. The third-order valence-electron chi connectivity index (χ3n) is 2.62. The molecule has 3 N–H and O–H groups in total. The van der Waals surface area contributed by atoms with Gasteiger partial charge in [0.2, 0.25) is 10.0 Å². The smallest absolute Gasteiger partial charge is 0.251 e. The quantitative estimate of drug-likeness (QED) is 0.886. The average Bonchev–Trinajstić information content (AvgIpc) is 2.25. The SMILES string of the molecule is CC(C)(C)CCNC(=O)c1cc(F)cc(S(N)(=O)=O)c1. The molecule has 0 spiro atoms. The molecule has 20 heavy (non-hydrogen) atoms. The highest BCUT2D eigenvalue weighted by Crippen LogP contribution is 2.17. The van der Waals surface area contributed by atoms with Gasteiger partial charge in [-0.15, -0.1) is 0 Å². The molecule has 0 bridgehead atoms. The molecule has 1 aromatic rings. The van der Waals surface area contributed by atoms with Crippen LogP contribution in [0.2, 0.25) is 0 Å². The molecule has 0 saturated heterocycles. The summed E-state index contributed by atoms with van der Waals surface area (Å²) in [5.74, 6) is -1.35. The van der Waals surface area contributed by atoms with Gasteiger partial charge < -0.3 is 5.32 Å². The van der Waals surface area contributed by atoms with Crippen LogP contribution in [-0.4, -0.2) is 20.9 Å². The van der Waals surface area contributed by atoms with Crippen molar-refractivity contribution in [2.24, 2.45) is 10.6 Å². The van der Waals surface area contributed by atoms with Gasteiger partial charge in [-0.05, 0) is 30.0 Å². The number of carbonyl (C=O) groups excluding carboxylic acids is 1. The Kier molecular flexibility index (Phi) is 4.88. The standard InChI is InChI=1S/C13H19FN2O3S/c1-13(2,3)4-5-16-12(17)9-6-10(14)8-11(7-9)20(15,18)19/h6-8H,4-5H2,1-3H3,(H,16,17)(H2,15,18,19). The Labute approximate surface area is 118 Å². The van der Waals surface area contributed by atoms with Crippen molar-refractivity contribution < 1.29 is 17.6 Å². The summed E-state index contributed by atoms with van der Waals surface area (Å²) in [4.78, 5) is 11.4. The van der Waals surface area contributed by atoms with Gasteiger partial charge in [0.15, 0.2) is 0 Å². The Hall–Kier alpha value is -1.47. The van der Waals surface area contributed by atoms with Gasteiger partial charge in [0, 0.05) is 12.1 Å². The third-order valence-corrected chi connectivity index (χ3v) is 3.52. The van der Waals surface area contributed by atoms with E-state index in [1.54, 1.807) is 0 Å². The zero-order valence-corrected chi connectivity index (χ0v) is 12.6. The van der Waals surface area contributed by atoms with Gasteiger partial charge in [-0.2, -0.15) is 0 Å². The van der Waals surface area contributed by atoms with E-state index in [1.165, 1.54) is 0 Å². The van der Waals surface area contributed by atoms with Gasteiger partial charge >= 0.3 is 0 Å². The van der Waals surface area contributed by atoms with Gasteiger partial charge in [-0.1, -0.05) is 20.8 Å². The van der Waals surface area contributed by atoms with E-state index in [9.17, 15) is 17.6 Å². The summed E-state index contributed by atoms with van der Waals surface area (Å²) in [6, 6.07) is 2.81. The summed E-state index contributed by atoms with van der Waals surface area (Å²) < 4.78 is 35.7. The first-order chi connectivity index (χ1) is 8.99. The molecule has 1 rings (SSSR count). The number of nitrogens with one attached hydrogen (secondary N) is 1. The third kappa shape index (κ3) is 5.26. The number of benzene rings is 1. The van der Waals surface area contributed by atoms with Crippen LogP contribution in [-0.2, 0) is 10.0 Å². The molecule has 5 nitrogen and oxygen atoms in total. The lowest BCUT2D eigenvalue weighted by molar-refractivity contribution is 0.0949. The van der Waals surface area contributed by atoms with Crippen LogP contribution in [0.5, 0.6) is 0 Å². The fraction of sp³-hybridized carbons (Fsp3) is 0.462. The lowest BCUT2D eigenvalue weighted by atomic mass is 9.92. The van der Waals surface area contributed by atoms with Crippen molar-refractivity contribution in [2.45, 2.75) is 32.1 Å². The number of amides is 1. The van der Waals surface area contributed by atoms with E-state index < -0.39 is 26.6 Å². The molecule has 0 aliphatic carbocycles. The zero-order chi connectivity index (χ0) is 15.6. The molecule has 1 aromatic carbocycles. The predicted molar refractivity (Wildman–Crippen MR) is 74.2 cm³/mol. The van der Waals surface area contributed by atoms with Crippen LogP contribution >= 0.6 is 0 Å². The number of primary sulfonamides is 1. The summed E-state index contributed by atoms with van der Waals surface area (Å²) in [6.45, 7) is 6.50. The fourth-order valence-electron chi connectivity index (χ4n) is 1.51. The monoisotopic (exact) mass is 302 g/mol. The highest BCUT2D eigenvalue weighted by molar-refractivity contribution is 7.89. The molecule has 0 saturated carbocycles. The van der Waals surface area contributed by atoms with E-state index in [0.29, 0.717) is 6.54 Å². The van der Waals surface area contributed by atoms with Gasteiger partial charge in [-0.25, -0.2) is 17.9 Å². The molecule has 0 radical (unpaired) electrons. The first-order valence-electron chi connectivity index (χ1n) is 6.11. The first-order valence-corrected chi connectivity index (χ1v) is 7.65. The van der Waals surface area contributed by atoms with Crippen LogP contribution in [0.15, 0.2) is 23.1 Å². The normalized spacial score (nSPS) is 12.2. The Bertz CT molecular complexity index is 607. The van der Waals surface area contributed by atoms with Crippen molar-refractivity contribution in [3.8, 4) is 0 Å². The summed E-state index contributed by atoms with van der Waals surface area (Å²) in [5, 5.41) is 7.55. The van der Waals surface area contributed by atoms with Crippen LogP contribution in [0.3, 0.4) is 0 Å². The van der Waals surface area contributed by atoms with Crippen LogP contribution in [0.25, 0.3) is 0 Å². The van der Waals surface area contributed by atoms with E-state index in [2.05, 4.69) is 5.32 Å². The summed E-state index contributed by atoms with van der Waals surface area (Å²) in [6.07, 6.45) is 0.746. The maximum Gasteiger partial charge on any atom is 0.251 e. The van der Waals surface area contributed by atoms with E-state index in [0.717, 1.165) is 24.6 Å². The Morgan fingerprint density at radius 2 is 1.90 bits per heavy atom. The lowest BCUT2D eigenvalue weighted by Gasteiger charge is -2.18. The van der Waals surface area contributed by atoms with Crippen molar-refractivity contribution in [1.29, 1.82) is 0 Å². The summed E-state index contributed by atoms with van der Waals surface area (Å²) >= 11 is 0. The number of halogens is 1. The summed E-state index contributed by atoms with van der Waals surface area (Å²) in [7, 11) is -4.05. The maximum absolute atomic E-state index is 13.3. The van der Waals surface area contributed by atoms with Crippen molar-refractivity contribution in [3.63, 3.8) is 0 Å². The van der Waals surface area contributed by atoms with Crippen molar-refractivity contribution in [3.05, 3.63) is 29.6 Å². The molecule has 0 atom stereocenters. The van der Waals surface area contributed by atoms with Crippen LogP contribution < -0.4 is 10.5 Å². The van der Waals surface area contributed by atoms with Gasteiger partial charge in [0.25, 0.3) is 5.91 Å². The molecule has 0 heterocycles. The molecule has 7 heteroatoms. The Balaban J connectivity index is 2.86. The number of nitrogens with two attached hydrogens (primary N) is 1. The number of hydrogen-bond donors (Lipinski definition) is 2. The Morgan fingerprint density at radius 3 is 2.40 bits per heavy atom. The van der Waals surface area contributed by atoms with E-state index >= 15 is 0 Å². The zero-order valence-electron chi connectivity index (χ0n) is 11.7. The number of sulfonamides is 1. The molecule has 0 aromatic heterocycles. The molecule has 0 fully saturated rings. The fourth-order valence-corrected chi connectivity index (χ4v) is 2.08. The maximum atomic E-state index is 13.3. The molecular formula is C13H19FN2O3S. The lowest BCUT2D eigenvalue weighted by Crippen LogP contribution is -2.27. The van der Waals surface area contributed by atoms with E-state index in [1.807, 2.05) is 20.8 Å². The largest absolute Gasteiger partial charge is 0.352 e. The highest BCUT2D eigenvalue weighted by atomic mass is 32.2. The molecule has 0 aliphatic rings. The van der Waals surface area contributed by atoms with Gasteiger partial charge in [-0.3, -0.25) is 4.79 Å². The Morgan fingerprint density at radius 1 is 1.30 bits per heavy atom. The van der Waals surface area contributed by atoms with Crippen molar-refractivity contribution >= 4 is 15.9 Å². The molecule has 1 amide bonds. The number of rotatable bonds is 4. The highest BCUT2D eigenvalue weighted by Gasteiger charge is 2.15. The van der Waals surface area contributed by atoms with E-state index in [-0.39, 0.29) is 11.0 Å². The second-order valence-electron chi connectivity index (χ2n) is 5.79. The van der Waals surface area contributed by atoms with E-state index in [4.69, 9.17) is 5.14 Å². The predicted octanol–water partition coefficient (Wildman–Crippen LogP) is 1.64.